The summed E-state index contributed by atoms with van der Waals surface area (Å²) in [6, 6.07) is 0. The molecule has 1 aliphatic heterocycles. The minimum atomic E-state index is -0.656. The summed E-state index contributed by atoms with van der Waals surface area (Å²) in [4.78, 5) is 4.39. The molecular formula is C14H23NO2. The zero-order valence-electron chi connectivity index (χ0n) is 11.4. The van der Waals surface area contributed by atoms with Gasteiger partial charge in [-0.05, 0) is 27.7 Å². The highest BCUT2D eigenvalue weighted by Crippen LogP contribution is 2.21. The monoisotopic (exact) mass is 237 g/mol. The highest BCUT2D eigenvalue weighted by atomic mass is 16.5. The van der Waals surface area contributed by atoms with Gasteiger partial charge in [0.05, 0.1) is 5.54 Å². The lowest BCUT2D eigenvalue weighted by Crippen LogP contribution is -2.27. The molecule has 1 rings (SSSR count). The van der Waals surface area contributed by atoms with Crippen LogP contribution in [-0.2, 0) is 4.74 Å². The maximum Gasteiger partial charge on any atom is 0.214 e. The second-order valence-electron chi connectivity index (χ2n) is 5.27. The molecule has 0 unspecified atom stereocenters. The fourth-order valence-corrected chi connectivity index (χ4v) is 1.81. The molecule has 0 aromatic heterocycles. The number of ether oxygens (including phenoxy) is 1. The van der Waals surface area contributed by atoms with E-state index >= 15 is 0 Å². The topological polar surface area (TPSA) is 41.8 Å². The third-order valence-electron chi connectivity index (χ3n) is 2.69. The summed E-state index contributed by atoms with van der Waals surface area (Å²) in [5, 5.41) is 10.1. The van der Waals surface area contributed by atoms with Crippen LogP contribution in [0.2, 0.25) is 0 Å². The molecule has 0 bridgehead atoms. The van der Waals surface area contributed by atoms with E-state index in [1.54, 1.807) is 0 Å². The van der Waals surface area contributed by atoms with E-state index in [0.29, 0.717) is 12.5 Å². The van der Waals surface area contributed by atoms with E-state index in [1.165, 1.54) is 0 Å². The molecule has 3 heteroatoms. The Morgan fingerprint density at radius 3 is 2.65 bits per heavy atom. The first-order valence-corrected chi connectivity index (χ1v) is 6.07. The molecule has 0 aromatic rings. The molecule has 0 aliphatic carbocycles. The number of aliphatic imine (C=N–C) groups is 1. The molecule has 0 saturated heterocycles. The SMILES string of the molecule is C/C=C/C(C)=C\[C@@H](C)[C@H](O)C1=NC(C)(C)CO1. The van der Waals surface area contributed by atoms with E-state index in [-0.39, 0.29) is 11.5 Å². The van der Waals surface area contributed by atoms with Crippen molar-refractivity contribution < 1.29 is 9.84 Å². The maximum atomic E-state index is 10.1. The first-order valence-electron chi connectivity index (χ1n) is 6.07. The van der Waals surface area contributed by atoms with E-state index in [4.69, 9.17) is 4.74 Å². The smallest absolute Gasteiger partial charge is 0.214 e. The predicted octanol–water partition coefficient (Wildman–Crippen LogP) is 2.71. The molecule has 3 nitrogen and oxygen atoms in total. The van der Waals surface area contributed by atoms with E-state index < -0.39 is 6.10 Å². The van der Waals surface area contributed by atoms with Crippen molar-refractivity contribution in [1.82, 2.24) is 0 Å². The Labute approximate surface area is 104 Å². The zero-order valence-corrected chi connectivity index (χ0v) is 11.4. The minimum Gasteiger partial charge on any atom is -0.477 e. The van der Waals surface area contributed by atoms with Crippen LogP contribution in [0.1, 0.15) is 34.6 Å². The van der Waals surface area contributed by atoms with E-state index in [0.717, 1.165) is 5.57 Å². The molecule has 0 radical (unpaired) electrons. The molecule has 1 heterocycles. The largest absolute Gasteiger partial charge is 0.477 e. The van der Waals surface area contributed by atoms with Crippen molar-refractivity contribution in [2.45, 2.75) is 46.3 Å². The average molecular weight is 237 g/mol. The molecule has 0 spiro atoms. The van der Waals surface area contributed by atoms with Gasteiger partial charge in [-0.15, -0.1) is 0 Å². The number of allylic oxidation sites excluding steroid dienone is 3. The van der Waals surface area contributed by atoms with Crippen molar-refractivity contribution in [2.75, 3.05) is 6.61 Å². The van der Waals surface area contributed by atoms with Crippen molar-refractivity contribution in [1.29, 1.82) is 0 Å². The summed E-state index contributed by atoms with van der Waals surface area (Å²) in [7, 11) is 0. The Morgan fingerprint density at radius 1 is 1.53 bits per heavy atom. The molecule has 0 aromatic carbocycles. The molecular weight excluding hydrogens is 214 g/mol. The van der Waals surface area contributed by atoms with Crippen molar-refractivity contribution in [3.05, 3.63) is 23.8 Å². The Bertz CT molecular complexity index is 353. The summed E-state index contributed by atoms with van der Waals surface area (Å²) in [5.74, 6) is 0.464. The van der Waals surface area contributed by atoms with Crippen LogP contribution >= 0.6 is 0 Å². The first kappa shape index (κ1) is 14.0. The van der Waals surface area contributed by atoms with Crippen LogP contribution in [0.5, 0.6) is 0 Å². The van der Waals surface area contributed by atoms with Crippen LogP contribution in [-0.4, -0.2) is 29.3 Å². The Hall–Kier alpha value is -1.09. The molecule has 2 atom stereocenters. The first-order chi connectivity index (χ1) is 7.85. The molecule has 0 fully saturated rings. The Morgan fingerprint density at radius 2 is 2.18 bits per heavy atom. The van der Waals surface area contributed by atoms with Gasteiger partial charge in [0.1, 0.15) is 12.7 Å². The number of nitrogens with zero attached hydrogens (tertiary/aromatic N) is 1. The summed E-state index contributed by atoms with van der Waals surface area (Å²) < 4.78 is 5.45. The standard InChI is InChI=1S/C14H23NO2/c1-6-7-10(2)8-11(3)12(16)13-15-14(4,5)9-17-13/h6-8,11-12,16H,9H2,1-5H3/b7-6+,10-8-/t11-,12+/m1/s1. The summed E-state index contributed by atoms with van der Waals surface area (Å²) in [6.45, 7) is 10.5. The molecule has 0 saturated carbocycles. The normalized spacial score (nSPS) is 23.4. The number of aliphatic hydroxyl groups excluding tert-OH is 1. The van der Waals surface area contributed by atoms with Gasteiger partial charge in [-0.3, -0.25) is 0 Å². The molecule has 1 N–H and O–H groups in total. The fourth-order valence-electron chi connectivity index (χ4n) is 1.81. The van der Waals surface area contributed by atoms with Gasteiger partial charge in [0.25, 0.3) is 0 Å². The van der Waals surface area contributed by atoms with Crippen LogP contribution in [0.3, 0.4) is 0 Å². The van der Waals surface area contributed by atoms with Crippen LogP contribution in [0, 0.1) is 5.92 Å². The third-order valence-corrected chi connectivity index (χ3v) is 2.69. The Balaban J connectivity index is 2.71. The second-order valence-corrected chi connectivity index (χ2v) is 5.27. The van der Waals surface area contributed by atoms with Gasteiger partial charge in [-0.25, -0.2) is 4.99 Å². The van der Waals surface area contributed by atoms with Crippen LogP contribution in [0.25, 0.3) is 0 Å². The summed E-state index contributed by atoms with van der Waals surface area (Å²) in [5.41, 5.74) is 0.926. The number of rotatable bonds is 4. The molecule has 96 valence electrons. The van der Waals surface area contributed by atoms with Gasteiger partial charge in [-0.1, -0.05) is 30.7 Å². The fraction of sp³-hybridized carbons (Fsp3) is 0.643. The van der Waals surface area contributed by atoms with E-state index in [9.17, 15) is 5.11 Å². The van der Waals surface area contributed by atoms with Gasteiger partial charge >= 0.3 is 0 Å². The van der Waals surface area contributed by atoms with Crippen molar-refractivity contribution in [2.24, 2.45) is 10.9 Å². The lowest BCUT2D eigenvalue weighted by Gasteiger charge is -2.15. The third kappa shape index (κ3) is 4.00. The quantitative estimate of drug-likeness (QED) is 0.764. The summed E-state index contributed by atoms with van der Waals surface area (Å²) in [6.07, 6.45) is 5.38. The molecule has 1 aliphatic rings. The predicted molar refractivity (Wildman–Crippen MR) is 71.2 cm³/mol. The van der Waals surface area contributed by atoms with Crippen LogP contribution in [0.15, 0.2) is 28.8 Å². The van der Waals surface area contributed by atoms with E-state index in [2.05, 4.69) is 4.99 Å². The lowest BCUT2D eigenvalue weighted by molar-refractivity contribution is 0.163. The van der Waals surface area contributed by atoms with E-state index in [1.807, 2.05) is 52.8 Å². The highest BCUT2D eigenvalue weighted by Gasteiger charge is 2.31. The van der Waals surface area contributed by atoms with Crippen molar-refractivity contribution >= 4 is 5.90 Å². The highest BCUT2D eigenvalue weighted by molar-refractivity contribution is 5.83. The lowest BCUT2D eigenvalue weighted by atomic mass is 10.0. The van der Waals surface area contributed by atoms with Gasteiger partial charge in [0, 0.05) is 5.92 Å². The van der Waals surface area contributed by atoms with Crippen molar-refractivity contribution in [3.63, 3.8) is 0 Å². The average Bonchev–Trinajstić information content (AvgIpc) is 2.58. The maximum absolute atomic E-state index is 10.1. The van der Waals surface area contributed by atoms with Gasteiger partial charge in [0.2, 0.25) is 5.90 Å². The van der Waals surface area contributed by atoms with Crippen LogP contribution in [0.4, 0.5) is 0 Å². The minimum absolute atomic E-state index is 0.00106. The number of hydrogen-bond acceptors (Lipinski definition) is 3. The molecule has 0 amide bonds. The van der Waals surface area contributed by atoms with Crippen molar-refractivity contribution in [3.8, 4) is 0 Å². The Kier molecular flexibility index (Phi) is 4.52. The summed E-state index contributed by atoms with van der Waals surface area (Å²) >= 11 is 0. The zero-order chi connectivity index (χ0) is 13.1. The molecule has 17 heavy (non-hydrogen) atoms. The number of aliphatic hydroxyl groups is 1. The van der Waals surface area contributed by atoms with Gasteiger partial charge in [0.15, 0.2) is 0 Å². The number of hydrogen-bond donors (Lipinski definition) is 1. The van der Waals surface area contributed by atoms with Crippen LogP contribution < -0.4 is 0 Å². The van der Waals surface area contributed by atoms with Gasteiger partial charge in [-0.2, -0.15) is 0 Å². The van der Waals surface area contributed by atoms with Gasteiger partial charge < -0.3 is 9.84 Å². The second kappa shape index (κ2) is 5.50.